The summed E-state index contributed by atoms with van der Waals surface area (Å²) in [6, 6.07) is 0. The molecule has 0 radical (unpaired) electrons. The highest BCUT2D eigenvalue weighted by Gasteiger charge is 2.50. The van der Waals surface area contributed by atoms with Gasteiger partial charge in [-0.2, -0.15) is 5.10 Å². The van der Waals surface area contributed by atoms with Gasteiger partial charge >= 0.3 is 11.8 Å². The summed E-state index contributed by atoms with van der Waals surface area (Å²) >= 11 is 0. The van der Waals surface area contributed by atoms with E-state index >= 15 is 0 Å². The largest absolute Gasteiger partial charge is 0.507 e. The number of methoxy groups -OCH3 is 1. The zero-order chi connectivity index (χ0) is 52.8. The van der Waals surface area contributed by atoms with Gasteiger partial charge < -0.3 is 69.9 Å². The van der Waals surface area contributed by atoms with Crippen LogP contribution in [-0.4, -0.2) is 154 Å². The van der Waals surface area contributed by atoms with E-state index in [0.717, 1.165) is 12.5 Å². The SMILES string of the molecule is CO[C@H]1/C=C/O[C@@]2(C)Oc3c(C)c(O)c4c(O)c(c(/C=N\N(C)c5ncnc6c5ncn6[C@@H]5O[C@H](CO)[C@@H](O)[C@H]5O)c(O)c4c3C2=O)NC(=O)/C(C)=C\C=C\[C@@H](C)[C@H](O)[C@@H](C)[C@H](O)[C@@H](C)[C@H](OC(C)=O)[C@@H]1C. The van der Waals surface area contributed by atoms with Crippen molar-refractivity contribution in [2.24, 2.45) is 28.8 Å². The lowest BCUT2D eigenvalue weighted by molar-refractivity contribution is -0.160. The third-order valence-electron chi connectivity index (χ3n) is 13.8. The van der Waals surface area contributed by atoms with E-state index in [4.69, 9.17) is 23.7 Å². The van der Waals surface area contributed by atoms with Gasteiger partial charge in [0.25, 0.3) is 11.7 Å². The van der Waals surface area contributed by atoms with Crippen LogP contribution in [0.15, 0.2) is 53.9 Å². The number of phenols is 3. The summed E-state index contributed by atoms with van der Waals surface area (Å²) in [5.41, 5.74) is -0.784. The maximum atomic E-state index is 14.7. The van der Waals surface area contributed by atoms with Gasteiger partial charge in [-0.05, 0) is 19.9 Å². The van der Waals surface area contributed by atoms with Gasteiger partial charge in [0.05, 0.1) is 65.9 Å². The van der Waals surface area contributed by atoms with Crippen LogP contribution in [0.1, 0.15) is 76.2 Å². The molecule has 4 aromatic rings. The van der Waals surface area contributed by atoms with Gasteiger partial charge in [0.15, 0.2) is 29.0 Å². The molecule has 2 aromatic carbocycles. The Balaban J connectivity index is 1.37. The Morgan fingerprint density at radius 1 is 0.944 bits per heavy atom. The molecule has 4 aliphatic rings. The third kappa shape index (κ3) is 9.43. The molecule has 72 heavy (non-hydrogen) atoms. The molecule has 1 fully saturated rings. The second kappa shape index (κ2) is 20.8. The number of esters is 1. The van der Waals surface area contributed by atoms with E-state index in [2.05, 4.69) is 25.4 Å². The molecule has 0 spiro atoms. The topological polar surface area (TPSA) is 330 Å². The van der Waals surface area contributed by atoms with Gasteiger partial charge in [0.2, 0.25) is 0 Å². The van der Waals surface area contributed by atoms with Crippen molar-refractivity contribution in [3.63, 3.8) is 0 Å². The summed E-state index contributed by atoms with van der Waals surface area (Å²) in [7, 11) is 2.86. The first kappa shape index (κ1) is 53.1. The van der Waals surface area contributed by atoms with Gasteiger partial charge in [-0.1, -0.05) is 45.9 Å². The summed E-state index contributed by atoms with van der Waals surface area (Å²) in [5, 5.41) is 97.5. The number of imidazole rings is 1. The lowest BCUT2D eigenvalue weighted by atomic mass is 9.78. The van der Waals surface area contributed by atoms with Gasteiger partial charge in [-0.3, -0.25) is 19.0 Å². The van der Waals surface area contributed by atoms with Crippen molar-refractivity contribution < 1.29 is 78.9 Å². The van der Waals surface area contributed by atoms with Crippen molar-refractivity contribution in [1.29, 1.82) is 0 Å². The van der Waals surface area contributed by atoms with E-state index in [0.29, 0.717) is 0 Å². The number of carbonyl (C=O) groups excluding carboxylic acids is 3. The molecule has 13 atom stereocenters. The first-order valence-corrected chi connectivity index (χ1v) is 23.1. The first-order valence-electron chi connectivity index (χ1n) is 23.1. The predicted octanol–water partition coefficient (Wildman–Crippen LogP) is 2.98. The highest BCUT2D eigenvalue weighted by molar-refractivity contribution is 6.24. The molecular weight excluding hydrogens is 943 g/mol. The number of phenolic OH excluding ortho intramolecular Hbond substituents is 3. The second-order valence-corrected chi connectivity index (χ2v) is 18.6. The van der Waals surface area contributed by atoms with Crippen molar-refractivity contribution in [2.75, 3.05) is 31.1 Å². The Labute approximate surface area is 413 Å². The molecule has 388 valence electrons. The Bertz CT molecular complexity index is 2880. The Hall–Kier alpha value is -6.73. The number of hydrogen-bond acceptors (Lipinski definition) is 21. The highest BCUT2D eigenvalue weighted by Crippen LogP contribution is 2.55. The van der Waals surface area contributed by atoms with Gasteiger partial charge in [0, 0.05) is 68.2 Å². The van der Waals surface area contributed by atoms with E-state index in [-0.39, 0.29) is 50.4 Å². The molecule has 0 saturated carbocycles. The number of aliphatic hydroxyl groups excluding tert-OH is 5. The molecule has 2 aromatic heterocycles. The van der Waals surface area contributed by atoms with Crippen LogP contribution < -0.4 is 15.1 Å². The summed E-state index contributed by atoms with van der Waals surface area (Å²) in [6.07, 6.45) is 1.46. The molecule has 6 heterocycles. The minimum Gasteiger partial charge on any atom is -0.507 e. The minimum absolute atomic E-state index is 0.0307. The van der Waals surface area contributed by atoms with Crippen LogP contribution in [0.5, 0.6) is 23.0 Å². The Kier molecular flexibility index (Phi) is 15.3. The van der Waals surface area contributed by atoms with Crippen LogP contribution in [0.2, 0.25) is 0 Å². The van der Waals surface area contributed by atoms with Crippen LogP contribution in [-0.2, 0) is 28.5 Å². The number of nitrogens with one attached hydrogen (secondary N) is 1. The number of nitrogens with zero attached hydrogens (tertiary/aromatic N) is 6. The lowest BCUT2D eigenvalue weighted by Gasteiger charge is -2.38. The number of amides is 1. The normalized spacial score (nSPS) is 32.1. The molecule has 0 unspecified atom stereocenters. The standard InChI is InChI=1S/C49H61N7O16/c1-20-12-11-13-21(2)47(67)54-33-27(16-53-55(9)45-34-46(51-18-50-45)56(19-52-34)48-41(65)39(63)29(17-57)71-48)38(62)30-31(40(33)64)37(61)25(6)43-32(30)44(66)49(8,72-43)69-15-14-28(68-10)22(3)42(70-26(7)58)24(5)36(60)23(4)35(20)59/h11-16,18-20,22-24,28-29,35-36,39,41-42,48,57,59-65H,17H2,1-10H3,(H,54,67)/b12-11+,15-14+,21-13-,53-16-/t20-,22-,23-,24-,28+,29-,35+,36+,39-,41-,42-,48-,49+/m1/s1. The van der Waals surface area contributed by atoms with Crippen LogP contribution in [0.4, 0.5) is 11.5 Å². The van der Waals surface area contributed by atoms with Crippen molar-refractivity contribution in [3.05, 3.63) is 65.5 Å². The summed E-state index contributed by atoms with van der Waals surface area (Å²) in [6.45, 7) is 11.6. The third-order valence-corrected chi connectivity index (χ3v) is 13.8. The van der Waals surface area contributed by atoms with E-state index in [1.54, 1.807) is 33.8 Å². The smallest absolute Gasteiger partial charge is 0.312 e. The number of aromatic hydroxyl groups is 3. The Morgan fingerprint density at radius 3 is 2.31 bits per heavy atom. The second-order valence-electron chi connectivity index (χ2n) is 18.6. The highest BCUT2D eigenvalue weighted by atomic mass is 16.7. The number of hydrazone groups is 1. The number of benzene rings is 2. The molecule has 8 rings (SSSR count). The number of Topliss-reactive ketones (excluding diaryl/α,β-unsaturated/α-hetero) is 1. The molecular formula is C49H61N7O16. The summed E-state index contributed by atoms with van der Waals surface area (Å²) in [5.74, 6) is -9.40. The average Bonchev–Trinajstić information content (AvgIpc) is 3.99. The number of ketones is 1. The molecule has 5 bridgehead atoms. The zero-order valence-corrected chi connectivity index (χ0v) is 41.3. The minimum atomic E-state index is -2.15. The number of carbonyl (C=O) groups is 3. The van der Waals surface area contributed by atoms with Gasteiger partial charge in [-0.15, -0.1) is 0 Å². The van der Waals surface area contributed by atoms with Crippen molar-refractivity contribution in [2.45, 2.75) is 110 Å². The number of anilines is 2. The quantitative estimate of drug-likeness (QED) is 0.0422. The summed E-state index contributed by atoms with van der Waals surface area (Å²) in [4.78, 5) is 54.1. The van der Waals surface area contributed by atoms with Crippen LogP contribution in [0, 0.1) is 30.6 Å². The molecule has 23 heteroatoms. The number of aromatic nitrogens is 4. The predicted molar refractivity (Wildman–Crippen MR) is 258 cm³/mol. The maximum Gasteiger partial charge on any atom is 0.312 e. The van der Waals surface area contributed by atoms with E-state index < -0.39 is 131 Å². The number of fused-ring (bicyclic) bond motifs is 15. The summed E-state index contributed by atoms with van der Waals surface area (Å²) < 4.78 is 30.7. The van der Waals surface area contributed by atoms with Crippen molar-refractivity contribution >= 4 is 57.3 Å². The number of hydrogen-bond donors (Lipinski definition) is 9. The first-order chi connectivity index (χ1) is 34.0. The fourth-order valence-corrected chi connectivity index (χ4v) is 9.44. The maximum absolute atomic E-state index is 14.7. The molecule has 23 nitrogen and oxygen atoms in total. The van der Waals surface area contributed by atoms with Gasteiger partial charge in [0.1, 0.15) is 48.0 Å². The van der Waals surface area contributed by atoms with Crippen molar-refractivity contribution in [1.82, 2.24) is 19.5 Å². The molecule has 0 aliphatic carbocycles. The molecule has 1 saturated heterocycles. The Morgan fingerprint density at radius 2 is 1.65 bits per heavy atom. The number of allylic oxidation sites excluding steroid dienone is 2. The number of ether oxygens (including phenoxy) is 5. The average molecular weight is 1000 g/mol. The fourth-order valence-electron chi connectivity index (χ4n) is 9.44. The molecule has 9 N–H and O–H groups in total. The van der Waals surface area contributed by atoms with Gasteiger partial charge in [-0.25, -0.2) is 20.0 Å². The van der Waals surface area contributed by atoms with Crippen LogP contribution in [0.3, 0.4) is 0 Å². The van der Waals surface area contributed by atoms with E-state index in [9.17, 15) is 55.2 Å². The van der Waals surface area contributed by atoms with Crippen LogP contribution in [0.25, 0.3) is 21.9 Å². The van der Waals surface area contributed by atoms with E-state index in [1.807, 2.05) is 0 Å². The van der Waals surface area contributed by atoms with Crippen LogP contribution >= 0.6 is 0 Å². The number of rotatable bonds is 7. The van der Waals surface area contributed by atoms with Crippen molar-refractivity contribution in [3.8, 4) is 23.0 Å². The number of aliphatic hydroxyl groups is 5. The fraction of sp³-hybridized carbons (Fsp3) is 0.490. The zero-order valence-electron chi connectivity index (χ0n) is 41.3. The monoisotopic (exact) mass is 1000 g/mol. The molecule has 1 amide bonds. The van der Waals surface area contributed by atoms with E-state index in [1.165, 1.54) is 82.3 Å². The lowest BCUT2D eigenvalue weighted by Crippen LogP contribution is -2.46. The molecule has 4 aliphatic heterocycles.